The molecule has 0 aliphatic heterocycles. The zero-order chi connectivity index (χ0) is 23.0. The average Bonchev–Trinajstić information content (AvgIpc) is 3.16. The molecule has 3 aromatic carbocycles. The molecule has 32 heavy (non-hydrogen) atoms. The Morgan fingerprint density at radius 3 is 2.31 bits per heavy atom. The first kappa shape index (κ1) is 21.2. The van der Waals surface area contributed by atoms with E-state index in [-0.39, 0.29) is 11.3 Å². The van der Waals surface area contributed by atoms with Gasteiger partial charge in [0.1, 0.15) is 11.0 Å². The van der Waals surface area contributed by atoms with Gasteiger partial charge in [0, 0.05) is 22.9 Å². The standard InChI is InChI=1S/C24H23N5O3/c1-14(2)17-8-10-18(11-9-17)28-26-21-12-15(3)20(13-22(21)27-28)25-24(30)19-6-5-7-23(16(19)4)29(31)32/h5-14H,1-4H3,(H,25,30). The molecule has 1 heterocycles. The predicted molar refractivity (Wildman–Crippen MR) is 123 cm³/mol. The molecular formula is C24H23N5O3. The van der Waals surface area contributed by atoms with Crippen LogP contribution in [0.15, 0.2) is 54.6 Å². The first-order chi connectivity index (χ1) is 15.2. The summed E-state index contributed by atoms with van der Waals surface area (Å²) >= 11 is 0. The number of amides is 1. The lowest BCUT2D eigenvalue weighted by molar-refractivity contribution is -0.385. The number of nitro groups is 1. The number of nitrogens with one attached hydrogen (secondary N) is 1. The predicted octanol–water partition coefficient (Wildman–Crippen LogP) is 5.32. The van der Waals surface area contributed by atoms with Crippen LogP contribution in [0.25, 0.3) is 16.7 Å². The molecule has 1 N–H and O–H groups in total. The van der Waals surface area contributed by atoms with Crippen LogP contribution in [-0.2, 0) is 0 Å². The van der Waals surface area contributed by atoms with Gasteiger partial charge in [-0.05, 0) is 61.2 Å². The lowest BCUT2D eigenvalue weighted by Gasteiger charge is -2.10. The summed E-state index contributed by atoms with van der Waals surface area (Å²) in [7, 11) is 0. The molecule has 0 saturated heterocycles. The van der Waals surface area contributed by atoms with Crippen molar-refractivity contribution < 1.29 is 9.72 Å². The van der Waals surface area contributed by atoms with E-state index in [1.54, 1.807) is 23.9 Å². The fourth-order valence-corrected chi connectivity index (χ4v) is 3.57. The minimum atomic E-state index is -0.491. The summed E-state index contributed by atoms with van der Waals surface area (Å²) < 4.78 is 0. The van der Waals surface area contributed by atoms with Crippen molar-refractivity contribution in [3.63, 3.8) is 0 Å². The maximum absolute atomic E-state index is 12.8. The maximum atomic E-state index is 12.8. The van der Waals surface area contributed by atoms with Gasteiger partial charge in [0.15, 0.2) is 0 Å². The number of carbonyl (C=O) groups excluding carboxylic acids is 1. The van der Waals surface area contributed by atoms with Crippen molar-refractivity contribution in [2.24, 2.45) is 0 Å². The Kier molecular flexibility index (Phi) is 5.44. The molecule has 0 saturated carbocycles. The third-order valence-corrected chi connectivity index (χ3v) is 5.51. The van der Waals surface area contributed by atoms with Gasteiger partial charge in [-0.25, -0.2) is 0 Å². The van der Waals surface area contributed by atoms with Gasteiger partial charge in [0.25, 0.3) is 11.6 Å². The number of hydrogen-bond acceptors (Lipinski definition) is 5. The number of carbonyl (C=O) groups is 1. The highest BCUT2D eigenvalue weighted by molar-refractivity contribution is 6.06. The van der Waals surface area contributed by atoms with Crippen LogP contribution >= 0.6 is 0 Å². The number of aryl methyl sites for hydroxylation is 1. The third-order valence-electron chi connectivity index (χ3n) is 5.51. The van der Waals surface area contributed by atoms with Crippen molar-refractivity contribution in [2.45, 2.75) is 33.6 Å². The van der Waals surface area contributed by atoms with E-state index in [9.17, 15) is 14.9 Å². The lowest BCUT2D eigenvalue weighted by atomic mass is 10.0. The largest absolute Gasteiger partial charge is 0.322 e. The van der Waals surface area contributed by atoms with E-state index in [1.165, 1.54) is 17.7 Å². The summed E-state index contributed by atoms with van der Waals surface area (Å²) in [6.07, 6.45) is 0. The molecule has 4 aromatic rings. The summed E-state index contributed by atoms with van der Waals surface area (Å²) in [5, 5.41) is 23.2. The Morgan fingerprint density at radius 1 is 1.03 bits per heavy atom. The van der Waals surface area contributed by atoms with Crippen molar-refractivity contribution in [1.82, 2.24) is 15.0 Å². The summed E-state index contributed by atoms with van der Waals surface area (Å²) in [6.45, 7) is 7.72. The molecule has 8 heteroatoms. The van der Waals surface area contributed by atoms with E-state index < -0.39 is 10.8 Å². The number of anilines is 1. The van der Waals surface area contributed by atoms with Gasteiger partial charge >= 0.3 is 0 Å². The van der Waals surface area contributed by atoms with Crippen molar-refractivity contribution in [1.29, 1.82) is 0 Å². The maximum Gasteiger partial charge on any atom is 0.273 e. The minimum Gasteiger partial charge on any atom is -0.322 e. The number of nitrogens with zero attached hydrogens (tertiary/aromatic N) is 4. The smallest absolute Gasteiger partial charge is 0.273 e. The van der Waals surface area contributed by atoms with E-state index in [1.807, 2.05) is 25.1 Å². The van der Waals surface area contributed by atoms with Crippen LogP contribution < -0.4 is 5.32 Å². The van der Waals surface area contributed by atoms with Crippen molar-refractivity contribution >= 4 is 28.3 Å². The number of aromatic nitrogens is 3. The van der Waals surface area contributed by atoms with Gasteiger partial charge in [-0.1, -0.05) is 32.0 Å². The van der Waals surface area contributed by atoms with Crippen molar-refractivity contribution in [3.8, 4) is 5.69 Å². The molecule has 0 spiro atoms. The Morgan fingerprint density at radius 2 is 1.69 bits per heavy atom. The van der Waals surface area contributed by atoms with Crippen molar-refractivity contribution in [2.75, 3.05) is 5.32 Å². The van der Waals surface area contributed by atoms with Crippen LogP contribution in [0, 0.1) is 24.0 Å². The second-order valence-corrected chi connectivity index (χ2v) is 8.05. The van der Waals surface area contributed by atoms with E-state index in [4.69, 9.17) is 0 Å². The van der Waals surface area contributed by atoms with Crippen LogP contribution in [0.3, 0.4) is 0 Å². The van der Waals surface area contributed by atoms with Gasteiger partial charge in [0.2, 0.25) is 0 Å². The molecule has 8 nitrogen and oxygen atoms in total. The van der Waals surface area contributed by atoms with Crippen LogP contribution in [0.2, 0.25) is 0 Å². The Hall–Kier alpha value is -4.07. The normalized spacial score (nSPS) is 11.2. The molecule has 4 rings (SSSR count). The zero-order valence-electron chi connectivity index (χ0n) is 18.3. The average molecular weight is 429 g/mol. The number of fused-ring (bicyclic) bond motifs is 1. The number of hydrogen-bond donors (Lipinski definition) is 1. The Labute approximate surface area is 185 Å². The van der Waals surface area contributed by atoms with Gasteiger partial charge in [-0.2, -0.15) is 4.80 Å². The van der Waals surface area contributed by atoms with Crippen molar-refractivity contribution in [3.05, 3.63) is 87.0 Å². The summed E-state index contributed by atoms with van der Waals surface area (Å²) in [5.41, 5.74) is 5.32. The minimum absolute atomic E-state index is 0.0868. The SMILES string of the molecule is Cc1cc2nn(-c3ccc(C(C)C)cc3)nc2cc1NC(=O)c1cccc([N+](=O)[O-])c1C. The number of nitro benzene ring substituents is 1. The second kappa shape index (κ2) is 8.22. The molecular weight excluding hydrogens is 406 g/mol. The van der Waals surface area contributed by atoms with E-state index >= 15 is 0 Å². The van der Waals surface area contributed by atoms with E-state index in [0.717, 1.165) is 11.3 Å². The number of rotatable bonds is 5. The highest BCUT2D eigenvalue weighted by atomic mass is 16.6. The molecule has 1 amide bonds. The molecule has 0 bridgehead atoms. The highest BCUT2D eigenvalue weighted by Gasteiger charge is 2.19. The first-order valence-electron chi connectivity index (χ1n) is 10.3. The fraction of sp³-hybridized carbons (Fsp3) is 0.208. The summed E-state index contributed by atoms with van der Waals surface area (Å²) in [6, 6.07) is 16.2. The first-order valence-corrected chi connectivity index (χ1v) is 10.3. The third kappa shape index (κ3) is 3.94. The molecule has 0 aliphatic rings. The molecule has 0 fully saturated rings. The Bertz CT molecular complexity index is 1340. The zero-order valence-corrected chi connectivity index (χ0v) is 18.3. The van der Waals surface area contributed by atoms with Crippen LogP contribution in [-0.4, -0.2) is 25.8 Å². The topological polar surface area (TPSA) is 103 Å². The van der Waals surface area contributed by atoms with Crippen LogP contribution in [0.1, 0.15) is 46.8 Å². The highest BCUT2D eigenvalue weighted by Crippen LogP contribution is 2.26. The summed E-state index contributed by atoms with van der Waals surface area (Å²) in [5.74, 6) is 0.0301. The molecule has 162 valence electrons. The second-order valence-electron chi connectivity index (χ2n) is 8.05. The molecule has 0 radical (unpaired) electrons. The Balaban J connectivity index is 1.64. The summed E-state index contributed by atoms with van der Waals surface area (Å²) in [4.78, 5) is 25.1. The van der Waals surface area contributed by atoms with Gasteiger partial charge in [-0.15, -0.1) is 10.2 Å². The lowest BCUT2D eigenvalue weighted by Crippen LogP contribution is -2.14. The van der Waals surface area contributed by atoms with E-state index in [2.05, 4.69) is 41.5 Å². The molecule has 0 unspecified atom stereocenters. The molecule has 0 atom stereocenters. The quantitative estimate of drug-likeness (QED) is 0.341. The fourth-order valence-electron chi connectivity index (χ4n) is 3.57. The van der Waals surface area contributed by atoms with Gasteiger partial charge < -0.3 is 5.32 Å². The molecule has 1 aromatic heterocycles. The molecule has 0 aliphatic carbocycles. The van der Waals surface area contributed by atoms with E-state index in [0.29, 0.717) is 28.2 Å². The van der Waals surface area contributed by atoms with Crippen LogP contribution in [0.4, 0.5) is 11.4 Å². The van der Waals surface area contributed by atoms with Gasteiger partial charge in [-0.3, -0.25) is 14.9 Å². The monoisotopic (exact) mass is 429 g/mol. The van der Waals surface area contributed by atoms with Gasteiger partial charge in [0.05, 0.1) is 10.6 Å². The number of benzene rings is 3. The van der Waals surface area contributed by atoms with Crippen LogP contribution in [0.5, 0.6) is 0 Å².